The number of anilines is 1. The monoisotopic (exact) mass is 419 g/mol. The predicted molar refractivity (Wildman–Crippen MR) is 118 cm³/mol. The second kappa shape index (κ2) is 9.12. The fourth-order valence-corrected chi connectivity index (χ4v) is 3.83. The topological polar surface area (TPSA) is 81.5 Å². The molecule has 1 aliphatic heterocycles. The van der Waals surface area contributed by atoms with E-state index in [9.17, 15) is 14.4 Å². The molecule has 1 aromatic heterocycles. The van der Waals surface area contributed by atoms with Crippen LogP contribution in [0.4, 0.5) is 5.69 Å². The van der Waals surface area contributed by atoms with Gasteiger partial charge in [-0.25, -0.2) is 9.78 Å². The van der Waals surface area contributed by atoms with E-state index in [1.165, 1.54) is 4.90 Å². The molecule has 0 saturated carbocycles. The van der Waals surface area contributed by atoms with Crippen molar-refractivity contribution in [3.63, 3.8) is 0 Å². The summed E-state index contributed by atoms with van der Waals surface area (Å²) in [7, 11) is 1.63. The Kier molecular flexibility index (Phi) is 6.11. The molecule has 0 N–H and O–H groups in total. The van der Waals surface area contributed by atoms with Gasteiger partial charge in [-0.1, -0.05) is 31.0 Å². The van der Waals surface area contributed by atoms with Gasteiger partial charge in [0.25, 0.3) is 11.5 Å². The quantitative estimate of drug-likeness (QED) is 0.606. The molecule has 0 atom stereocenters. The van der Waals surface area contributed by atoms with Crippen LogP contribution in [-0.4, -0.2) is 35.1 Å². The number of amides is 1. The molecule has 2 heterocycles. The Morgan fingerprint density at radius 3 is 2.65 bits per heavy atom. The first-order valence-electron chi connectivity index (χ1n) is 10.6. The van der Waals surface area contributed by atoms with Gasteiger partial charge in [0, 0.05) is 25.7 Å². The molecule has 160 valence electrons. The Hall–Kier alpha value is -3.48. The number of rotatable bonds is 4. The highest BCUT2D eigenvalue weighted by molar-refractivity contribution is 5.98. The molecular weight excluding hydrogens is 394 g/mol. The van der Waals surface area contributed by atoms with Crippen molar-refractivity contribution >= 4 is 28.5 Å². The molecule has 0 fully saturated rings. The van der Waals surface area contributed by atoms with Gasteiger partial charge in [0.15, 0.2) is 6.61 Å². The van der Waals surface area contributed by atoms with E-state index < -0.39 is 5.97 Å². The zero-order chi connectivity index (χ0) is 21.8. The molecule has 0 bridgehead atoms. The zero-order valence-corrected chi connectivity index (χ0v) is 17.5. The molecule has 0 aliphatic carbocycles. The first-order valence-corrected chi connectivity index (χ1v) is 10.6. The van der Waals surface area contributed by atoms with Crippen LogP contribution in [-0.2, 0) is 22.5 Å². The van der Waals surface area contributed by atoms with Crippen LogP contribution < -0.4 is 10.5 Å². The van der Waals surface area contributed by atoms with E-state index in [1.54, 1.807) is 41.9 Å². The van der Waals surface area contributed by atoms with Gasteiger partial charge >= 0.3 is 5.97 Å². The van der Waals surface area contributed by atoms with Crippen molar-refractivity contribution in [2.75, 3.05) is 18.6 Å². The third kappa shape index (κ3) is 4.50. The van der Waals surface area contributed by atoms with Gasteiger partial charge in [0.1, 0.15) is 5.82 Å². The molecule has 4 rings (SSSR count). The van der Waals surface area contributed by atoms with Gasteiger partial charge in [0.05, 0.1) is 16.5 Å². The molecule has 7 nitrogen and oxygen atoms in total. The van der Waals surface area contributed by atoms with E-state index in [1.807, 2.05) is 18.2 Å². The lowest BCUT2D eigenvalue weighted by Gasteiger charge is -2.17. The Bertz CT molecular complexity index is 1170. The molecule has 2 aromatic carbocycles. The van der Waals surface area contributed by atoms with Gasteiger partial charge in [-0.05, 0) is 43.2 Å². The van der Waals surface area contributed by atoms with Crippen LogP contribution in [0.5, 0.6) is 0 Å². The van der Waals surface area contributed by atoms with Gasteiger partial charge in [-0.3, -0.25) is 14.2 Å². The highest BCUT2D eigenvalue weighted by Crippen LogP contribution is 2.17. The van der Waals surface area contributed by atoms with Gasteiger partial charge < -0.3 is 9.64 Å². The molecule has 3 aromatic rings. The minimum absolute atomic E-state index is 0.0681. The number of carbonyl (C=O) groups is 2. The normalized spacial score (nSPS) is 13.7. The largest absolute Gasteiger partial charge is 0.452 e. The number of hydrogen-bond donors (Lipinski definition) is 0. The van der Waals surface area contributed by atoms with Crippen LogP contribution in [0.25, 0.3) is 10.9 Å². The van der Waals surface area contributed by atoms with Crippen molar-refractivity contribution in [1.29, 1.82) is 0 Å². The van der Waals surface area contributed by atoms with E-state index in [0.29, 0.717) is 17.4 Å². The number of aromatic nitrogens is 2. The van der Waals surface area contributed by atoms with Crippen LogP contribution in [0.15, 0.2) is 53.3 Å². The highest BCUT2D eigenvalue weighted by Gasteiger charge is 2.17. The van der Waals surface area contributed by atoms with Crippen molar-refractivity contribution in [2.45, 2.75) is 38.6 Å². The average Bonchev–Trinajstić information content (AvgIpc) is 2.78. The number of esters is 1. The SMILES string of the molecule is CN(C(=O)COC(=O)c1ccc2c(=O)n3c(nc2c1)CCCCCC3)c1ccccc1. The summed E-state index contributed by atoms with van der Waals surface area (Å²) in [6.45, 7) is 0.306. The van der Waals surface area contributed by atoms with Gasteiger partial charge in [-0.15, -0.1) is 0 Å². The fourth-order valence-electron chi connectivity index (χ4n) is 3.83. The number of para-hydroxylation sites is 1. The first-order chi connectivity index (χ1) is 15.0. The summed E-state index contributed by atoms with van der Waals surface area (Å²) in [5, 5.41) is 0.487. The molecule has 7 heteroatoms. The van der Waals surface area contributed by atoms with Crippen LogP contribution >= 0.6 is 0 Å². The number of fused-ring (bicyclic) bond motifs is 2. The van der Waals surface area contributed by atoms with Crippen molar-refractivity contribution in [3.05, 3.63) is 70.3 Å². The molecule has 0 spiro atoms. The number of aryl methyl sites for hydroxylation is 1. The summed E-state index contributed by atoms with van der Waals surface area (Å²) < 4.78 is 6.98. The summed E-state index contributed by atoms with van der Waals surface area (Å²) in [5.41, 5.74) is 1.40. The first kappa shape index (κ1) is 20.8. The maximum atomic E-state index is 12.9. The van der Waals surface area contributed by atoms with Crippen molar-refractivity contribution < 1.29 is 14.3 Å². The zero-order valence-electron chi connectivity index (χ0n) is 17.5. The number of hydrogen-bond acceptors (Lipinski definition) is 5. The number of likely N-dealkylation sites (N-methyl/N-ethyl adjacent to an activating group) is 1. The summed E-state index contributed by atoms with van der Waals surface area (Å²) >= 11 is 0. The smallest absolute Gasteiger partial charge is 0.338 e. The molecular formula is C24H25N3O4. The summed E-state index contributed by atoms with van der Waals surface area (Å²) in [6.07, 6.45) is 4.96. The van der Waals surface area contributed by atoms with Gasteiger partial charge in [0.2, 0.25) is 0 Å². The van der Waals surface area contributed by atoms with E-state index in [-0.39, 0.29) is 23.6 Å². The second-order valence-electron chi connectivity index (χ2n) is 7.75. The van der Waals surface area contributed by atoms with Gasteiger partial charge in [-0.2, -0.15) is 0 Å². The van der Waals surface area contributed by atoms with Crippen molar-refractivity contribution in [2.24, 2.45) is 0 Å². The van der Waals surface area contributed by atoms with Crippen molar-refractivity contribution in [1.82, 2.24) is 9.55 Å². The second-order valence-corrected chi connectivity index (χ2v) is 7.75. The number of ether oxygens (including phenoxy) is 1. The Labute approximate surface area is 180 Å². The summed E-state index contributed by atoms with van der Waals surface area (Å²) in [5.74, 6) is -0.189. The summed E-state index contributed by atoms with van der Waals surface area (Å²) in [4.78, 5) is 43.9. The van der Waals surface area contributed by atoms with E-state index in [4.69, 9.17) is 4.74 Å². The lowest BCUT2D eigenvalue weighted by molar-refractivity contribution is -0.121. The lowest BCUT2D eigenvalue weighted by atomic mass is 10.1. The number of nitrogens with zero attached hydrogens (tertiary/aromatic N) is 3. The average molecular weight is 419 g/mol. The van der Waals surface area contributed by atoms with Crippen LogP contribution in [0.1, 0.15) is 41.9 Å². The Morgan fingerprint density at radius 1 is 1.06 bits per heavy atom. The Morgan fingerprint density at radius 2 is 1.84 bits per heavy atom. The third-order valence-electron chi connectivity index (χ3n) is 5.65. The van der Waals surface area contributed by atoms with E-state index in [0.717, 1.165) is 43.6 Å². The summed E-state index contributed by atoms with van der Waals surface area (Å²) in [6, 6.07) is 13.9. The van der Waals surface area contributed by atoms with Crippen LogP contribution in [0.3, 0.4) is 0 Å². The standard InChI is InChI=1S/C24H25N3O4/c1-26(18-9-5-4-6-10-18)22(28)16-31-24(30)17-12-13-19-20(15-17)25-21-11-7-2-3-8-14-27(21)23(19)29/h4-6,9-10,12-13,15H,2-3,7-8,11,14,16H2,1H3. The van der Waals surface area contributed by atoms with E-state index in [2.05, 4.69) is 4.98 Å². The van der Waals surface area contributed by atoms with Crippen LogP contribution in [0, 0.1) is 0 Å². The fraction of sp³-hybridized carbons (Fsp3) is 0.333. The third-order valence-corrected chi connectivity index (χ3v) is 5.65. The molecule has 1 aliphatic rings. The maximum absolute atomic E-state index is 12.9. The minimum atomic E-state index is -0.620. The van der Waals surface area contributed by atoms with Crippen molar-refractivity contribution in [3.8, 4) is 0 Å². The Balaban J connectivity index is 1.51. The molecule has 0 saturated heterocycles. The number of benzene rings is 2. The molecule has 0 radical (unpaired) electrons. The van der Waals surface area contributed by atoms with E-state index >= 15 is 0 Å². The molecule has 1 amide bonds. The van der Waals surface area contributed by atoms with Crippen LogP contribution in [0.2, 0.25) is 0 Å². The molecule has 31 heavy (non-hydrogen) atoms. The lowest BCUT2D eigenvalue weighted by Crippen LogP contribution is -2.31. The highest BCUT2D eigenvalue weighted by atomic mass is 16.5. The number of carbonyl (C=O) groups excluding carboxylic acids is 2. The predicted octanol–water partition coefficient (Wildman–Crippen LogP) is 3.33. The maximum Gasteiger partial charge on any atom is 0.338 e. The minimum Gasteiger partial charge on any atom is -0.452 e. The molecule has 0 unspecified atom stereocenters.